The van der Waals surface area contributed by atoms with Gasteiger partial charge in [-0.1, -0.05) is 12.1 Å². The van der Waals surface area contributed by atoms with E-state index < -0.39 is 0 Å². The average Bonchev–Trinajstić information content (AvgIpc) is 3.35. The van der Waals surface area contributed by atoms with Gasteiger partial charge in [0.25, 0.3) is 6.01 Å². The van der Waals surface area contributed by atoms with Crippen molar-refractivity contribution in [2.24, 2.45) is 17.8 Å². The van der Waals surface area contributed by atoms with Gasteiger partial charge in [0.1, 0.15) is 5.52 Å². The first-order valence-electron chi connectivity index (χ1n) is 9.38. The van der Waals surface area contributed by atoms with Gasteiger partial charge in [-0.2, -0.15) is 4.98 Å². The van der Waals surface area contributed by atoms with Crippen LogP contribution in [0.3, 0.4) is 0 Å². The predicted octanol–water partition coefficient (Wildman–Crippen LogP) is 2.57. The number of aromatic nitrogens is 1. The molecule has 148 valence electrons. The first kappa shape index (κ1) is 20.2. The molecule has 6 nitrogen and oxygen atoms in total. The van der Waals surface area contributed by atoms with E-state index in [0.717, 1.165) is 63.2 Å². The second-order valence-corrected chi connectivity index (χ2v) is 7.65. The molecule has 3 fully saturated rings. The lowest BCUT2D eigenvalue weighted by molar-refractivity contribution is -0.135. The second kappa shape index (κ2) is 8.25. The van der Waals surface area contributed by atoms with E-state index in [1.165, 1.54) is 0 Å². The number of hydrogen-bond acceptors (Lipinski definition) is 5. The largest absolute Gasteiger partial charge is 0.423 e. The van der Waals surface area contributed by atoms with Gasteiger partial charge < -0.3 is 19.5 Å². The Balaban J connectivity index is 0.00000105. The summed E-state index contributed by atoms with van der Waals surface area (Å²) >= 11 is 0. The predicted molar refractivity (Wildman–Crippen MR) is 110 cm³/mol. The molecule has 0 bridgehead atoms. The minimum absolute atomic E-state index is 0. The Bertz CT molecular complexity index is 746. The summed E-state index contributed by atoms with van der Waals surface area (Å²) in [6, 6.07) is 8.54. The average molecular weight is 413 g/mol. The van der Waals surface area contributed by atoms with Crippen molar-refractivity contribution < 1.29 is 9.21 Å². The number of carbonyl (C=O) groups is 1. The summed E-state index contributed by atoms with van der Waals surface area (Å²) in [5.74, 6) is 1.87. The van der Waals surface area contributed by atoms with Gasteiger partial charge in [-0.25, -0.2) is 0 Å². The van der Waals surface area contributed by atoms with Gasteiger partial charge in [-0.15, -0.1) is 24.8 Å². The summed E-state index contributed by atoms with van der Waals surface area (Å²) in [6.07, 6.45) is 1.78. The van der Waals surface area contributed by atoms with Crippen molar-refractivity contribution in [2.45, 2.75) is 12.8 Å². The zero-order chi connectivity index (χ0) is 16.8. The van der Waals surface area contributed by atoms with Crippen LogP contribution >= 0.6 is 24.8 Å². The van der Waals surface area contributed by atoms with E-state index in [9.17, 15) is 4.79 Å². The summed E-state index contributed by atoms with van der Waals surface area (Å²) in [6.45, 7) is 5.72. The maximum absolute atomic E-state index is 12.9. The van der Waals surface area contributed by atoms with Crippen molar-refractivity contribution >= 4 is 47.8 Å². The lowest BCUT2D eigenvalue weighted by Crippen LogP contribution is -2.42. The van der Waals surface area contributed by atoms with Gasteiger partial charge in [-0.05, 0) is 36.8 Å². The normalized spacial score (nSPS) is 25.2. The van der Waals surface area contributed by atoms with E-state index >= 15 is 0 Å². The number of amides is 1. The molecule has 1 N–H and O–H groups in total. The molecule has 3 saturated heterocycles. The number of halogens is 2. The van der Waals surface area contributed by atoms with E-state index in [4.69, 9.17) is 4.42 Å². The first-order chi connectivity index (χ1) is 12.3. The van der Waals surface area contributed by atoms with Crippen molar-refractivity contribution in [3.05, 3.63) is 24.3 Å². The number of fused-ring (bicyclic) bond motifs is 2. The summed E-state index contributed by atoms with van der Waals surface area (Å²) in [5, 5.41) is 3.44. The summed E-state index contributed by atoms with van der Waals surface area (Å²) in [4.78, 5) is 21.7. The van der Waals surface area contributed by atoms with Crippen LogP contribution in [0, 0.1) is 17.8 Å². The number of rotatable bonds is 2. The summed E-state index contributed by atoms with van der Waals surface area (Å²) in [7, 11) is 0. The third-order valence-electron chi connectivity index (χ3n) is 6.10. The number of oxazole rings is 1. The first-order valence-corrected chi connectivity index (χ1v) is 9.38. The SMILES string of the molecule is Cl.Cl.O=C(C1CCN(c2nc3ccccc3o2)CC1)N1C[C@H]2CNC[C@H]2C1. The summed E-state index contributed by atoms with van der Waals surface area (Å²) < 4.78 is 5.87. The van der Waals surface area contributed by atoms with Gasteiger partial charge in [-0.3, -0.25) is 4.79 Å². The minimum atomic E-state index is 0. The number of piperidine rings is 1. The third-order valence-corrected chi connectivity index (χ3v) is 6.10. The zero-order valence-electron chi connectivity index (χ0n) is 15.2. The van der Waals surface area contributed by atoms with E-state index in [0.29, 0.717) is 23.8 Å². The van der Waals surface area contributed by atoms with Crippen LogP contribution in [0.15, 0.2) is 28.7 Å². The Morgan fingerprint density at radius 2 is 1.74 bits per heavy atom. The zero-order valence-corrected chi connectivity index (χ0v) is 16.8. The molecular weight excluding hydrogens is 387 g/mol. The molecule has 2 atom stereocenters. The Hall–Kier alpha value is -1.50. The van der Waals surface area contributed by atoms with Crippen LogP contribution in [0.1, 0.15) is 12.8 Å². The number of carbonyl (C=O) groups excluding carboxylic acids is 1. The fraction of sp³-hybridized carbons (Fsp3) is 0.579. The lowest BCUT2D eigenvalue weighted by Gasteiger charge is -2.32. The number of nitrogens with zero attached hydrogens (tertiary/aromatic N) is 3. The fourth-order valence-electron chi connectivity index (χ4n) is 4.61. The van der Waals surface area contributed by atoms with Crippen LogP contribution in [0.5, 0.6) is 0 Å². The molecule has 0 saturated carbocycles. The fourth-order valence-corrected chi connectivity index (χ4v) is 4.61. The molecule has 8 heteroatoms. The molecule has 3 aliphatic heterocycles. The molecule has 27 heavy (non-hydrogen) atoms. The molecule has 2 aromatic rings. The number of hydrogen-bond donors (Lipinski definition) is 1. The molecular formula is C19H26Cl2N4O2. The molecule has 1 amide bonds. The lowest BCUT2D eigenvalue weighted by atomic mass is 9.95. The van der Waals surface area contributed by atoms with Crippen LogP contribution in [0.4, 0.5) is 6.01 Å². The number of likely N-dealkylation sites (tertiary alicyclic amines) is 1. The van der Waals surface area contributed by atoms with Crippen LogP contribution in [-0.2, 0) is 4.79 Å². The Morgan fingerprint density at radius 3 is 2.41 bits per heavy atom. The Morgan fingerprint density at radius 1 is 1.07 bits per heavy atom. The number of nitrogens with one attached hydrogen (secondary N) is 1. The van der Waals surface area contributed by atoms with Gasteiger partial charge in [0, 0.05) is 45.2 Å². The molecule has 0 aliphatic carbocycles. The Kier molecular flexibility index (Phi) is 6.18. The van der Waals surface area contributed by atoms with Gasteiger partial charge in [0.2, 0.25) is 5.91 Å². The third kappa shape index (κ3) is 3.75. The van der Waals surface area contributed by atoms with Crippen molar-refractivity contribution in [1.29, 1.82) is 0 Å². The number of para-hydroxylation sites is 2. The summed E-state index contributed by atoms with van der Waals surface area (Å²) in [5.41, 5.74) is 1.72. The molecule has 4 heterocycles. The van der Waals surface area contributed by atoms with Crippen LogP contribution in [0.2, 0.25) is 0 Å². The van der Waals surface area contributed by atoms with E-state index in [2.05, 4.69) is 20.1 Å². The molecule has 0 radical (unpaired) electrons. The van der Waals surface area contributed by atoms with Crippen LogP contribution in [-0.4, -0.2) is 55.1 Å². The number of anilines is 1. The standard InChI is InChI=1S/C19H24N4O2.2ClH/c24-18(23-11-14-9-20-10-15(14)12-23)13-5-7-22(8-6-13)19-21-16-3-1-2-4-17(16)25-19;;/h1-4,13-15,20H,5-12H2;2*1H/t14-,15+;;. The highest BCUT2D eigenvalue weighted by atomic mass is 35.5. The highest BCUT2D eigenvalue weighted by molar-refractivity contribution is 5.85. The smallest absolute Gasteiger partial charge is 0.298 e. The molecule has 0 spiro atoms. The maximum atomic E-state index is 12.9. The van der Waals surface area contributed by atoms with Crippen LogP contribution < -0.4 is 10.2 Å². The van der Waals surface area contributed by atoms with Gasteiger partial charge in [0.15, 0.2) is 5.58 Å². The second-order valence-electron chi connectivity index (χ2n) is 7.65. The van der Waals surface area contributed by atoms with Gasteiger partial charge in [0.05, 0.1) is 0 Å². The van der Waals surface area contributed by atoms with E-state index in [1.807, 2.05) is 24.3 Å². The van der Waals surface area contributed by atoms with E-state index in [-0.39, 0.29) is 30.7 Å². The van der Waals surface area contributed by atoms with Gasteiger partial charge >= 0.3 is 0 Å². The number of benzene rings is 1. The highest BCUT2D eigenvalue weighted by Gasteiger charge is 2.40. The highest BCUT2D eigenvalue weighted by Crippen LogP contribution is 2.31. The minimum Gasteiger partial charge on any atom is -0.423 e. The van der Waals surface area contributed by atoms with Crippen molar-refractivity contribution in [3.8, 4) is 0 Å². The topological polar surface area (TPSA) is 61.6 Å². The monoisotopic (exact) mass is 412 g/mol. The van der Waals surface area contributed by atoms with Crippen LogP contribution in [0.25, 0.3) is 11.1 Å². The van der Waals surface area contributed by atoms with Crippen molar-refractivity contribution in [1.82, 2.24) is 15.2 Å². The maximum Gasteiger partial charge on any atom is 0.298 e. The quantitative estimate of drug-likeness (QED) is 0.820. The van der Waals surface area contributed by atoms with E-state index in [1.54, 1.807) is 0 Å². The Labute approximate surface area is 171 Å². The molecule has 5 rings (SSSR count). The van der Waals surface area contributed by atoms with Crippen molar-refractivity contribution in [3.63, 3.8) is 0 Å². The molecule has 1 aromatic carbocycles. The molecule has 3 aliphatic rings. The molecule has 1 aromatic heterocycles. The molecule has 0 unspecified atom stereocenters. The van der Waals surface area contributed by atoms with Crippen molar-refractivity contribution in [2.75, 3.05) is 44.2 Å².